The Kier molecular flexibility index (Phi) is 4.90. The minimum absolute atomic E-state index is 0.0621. The fraction of sp³-hybridized carbons (Fsp3) is 0.333. The van der Waals surface area contributed by atoms with Crippen molar-refractivity contribution >= 4 is 5.69 Å². The van der Waals surface area contributed by atoms with Crippen molar-refractivity contribution in [1.82, 2.24) is 15.1 Å². The van der Waals surface area contributed by atoms with Gasteiger partial charge in [-0.2, -0.15) is 0 Å². The van der Waals surface area contributed by atoms with Gasteiger partial charge in [-0.05, 0) is 50.2 Å². The number of hydrogen-bond donors (Lipinski definition) is 0. The average molecular weight is 366 g/mol. The van der Waals surface area contributed by atoms with Crippen molar-refractivity contribution in [1.29, 1.82) is 0 Å². The molecule has 140 valence electrons. The van der Waals surface area contributed by atoms with Gasteiger partial charge in [0.1, 0.15) is 5.82 Å². The van der Waals surface area contributed by atoms with Gasteiger partial charge in [0, 0.05) is 37.4 Å². The van der Waals surface area contributed by atoms with E-state index in [2.05, 4.69) is 33.8 Å². The molecule has 2 heterocycles. The molecule has 0 bridgehead atoms. The first kappa shape index (κ1) is 17.7. The van der Waals surface area contributed by atoms with Crippen LogP contribution in [0.3, 0.4) is 0 Å². The summed E-state index contributed by atoms with van der Waals surface area (Å²) in [6, 6.07) is 14.8. The Balaban J connectivity index is 1.40. The molecule has 0 spiro atoms. The molecule has 27 heavy (non-hydrogen) atoms. The Morgan fingerprint density at radius 2 is 1.59 bits per heavy atom. The first-order chi connectivity index (χ1) is 13.1. The maximum atomic E-state index is 13.1. The van der Waals surface area contributed by atoms with Gasteiger partial charge in [0.15, 0.2) is 0 Å². The van der Waals surface area contributed by atoms with Crippen molar-refractivity contribution in [3.63, 3.8) is 0 Å². The number of hydrogen-bond acceptors (Lipinski definition) is 5. The van der Waals surface area contributed by atoms with Crippen molar-refractivity contribution in [2.24, 2.45) is 0 Å². The second kappa shape index (κ2) is 7.48. The van der Waals surface area contributed by atoms with E-state index < -0.39 is 0 Å². The van der Waals surface area contributed by atoms with Gasteiger partial charge in [-0.15, -0.1) is 10.2 Å². The number of benzene rings is 2. The van der Waals surface area contributed by atoms with Crippen molar-refractivity contribution in [3.05, 3.63) is 65.8 Å². The molecule has 0 saturated carbocycles. The summed E-state index contributed by atoms with van der Waals surface area (Å²) in [5.74, 6) is 0.995. The van der Waals surface area contributed by atoms with E-state index in [1.165, 1.54) is 17.7 Å². The molecule has 1 aliphatic rings. The lowest BCUT2D eigenvalue weighted by Gasteiger charge is -2.38. The molecule has 3 aromatic rings. The van der Waals surface area contributed by atoms with Gasteiger partial charge in [0.25, 0.3) is 0 Å². The van der Waals surface area contributed by atoms with Crippen LogP contribution in [0.5, 0.6) is 0 Å². The summed E-state index contributed by atoms with van der Waals surface area (Å²) in [5.41, 5.74) is 3.20. The Labute approximate surface area is 158 Å². The van der Waals surface area contributed by atoms with E-state index in [0.29, 0.717) is 11.8 Å². The summed E-state index contributed by atoms with van der Waals surface area (Å²) < 4.78 is 19.0. The zero-order valence-corrected chi connectivity index (χ0v) is 15.6. The van der Waals surface area contributed by atoms with Crippen LogP contribution in [0, 0.1) is 12.7 Å². The third-order valence-corrected chi connectivity index (χ3v) is 5.15. The molecule has 2 aromatic carbocycles. The van der Waals surface area contributed by atoms with Crippen molar-refractivity contribution in [2.45, 2.75) is 19.9 Å². The third-order valence-electron chi connectivity index (χ3n) is 5.15. The monoisotopic (exact) mass is 366 g/mol. The number of aromatic nitrogens is 2. The summed E-state index contributed by atoms with van der Waals surface area (Å²) in [6.45, 7) is 7.70. The number of nitrogens with zero attached hydrogens (tertiary/aromatic N) is 4. The van der Waals surface area contributed by atoms with Gasteiger partial charge < -0.3 is 9.32 Å². The molecule has 1 atom stereocenters. The van der Waals surface area contributed by atoms with Gasteiger partial charge in [-0.1, -0.05) is 17.7 Å². The number of aryl methyl sites for hydroxylation is 1. The van der Waals surface area contributed by atoms with E-state index >= 15 is 0 Å². The van der Waals surface area contributed by atoms with Gasteiger partial charge in [0.05, 0.1) is 6.04 Å². The molecular weight excluding hydrogens is 343 g/mol. The predicted octanol–water partition coefficient (Wildman–Crippen LogP) is 4.07. The maximum absolute atomic E-state index is 13.1. The topological polar surface area (TPSA) is 45.4 Å². The van der Waals surface area contributed by atoms with Crippen LogP contribution in [0.1, 0.15) is 24.4 Å². The zero-order valence-electron chi connectivity index (χ0n) is 15.6. The van der Waals surface area contributed by atoms with E-state index in [9.17, 15) is 4.39 Å². The minimum atomic E-state index is -0.202. The van der Waals surface area contributed by atoms with Gasteiger partial charge in [-0.25, -0.2) is 4.39 Å². The number of halogens is 1. The summed E-state index contributed by atoms with van der Waals surface area (Å²) in [6.07, 6.45) is 0. The summed E-state index contributed by atoms with van der Waals surface area (Å²) in [5, 5.41) is 8.48. The number of piperazine rings is 1. The van der Waals surface area contributed by atoms with E-state index in [0.717, 1.165) is 37.4 Å². The molecule has 1 aliphatic heterocycles. The normalized spacial score (nSPS) is 16.5. The van der Waals surface area contributed by atoms with Crippen LogP contribution < -0.4 is 4.90 Å². The van der Waals surface area contributed by atoms with Crippen molar-refractivity contribution in [3.8, 4) is 11.5 Å². The standard InChI is InChI=1S/C21H23FN4O/c1-15-3-5-17(6-4-15)21-24-23-20(27-21)16(2)25-11-13-26(14-12-25)19-9-7-18(22)8-10-19/h3-10,16H,11-14H2,1-2H3. The van der Waals surface area contributed by atoms with Crippen LogP contribution in [-0.2, 0) is 0 Å². The highest BCUT2D eigenvalue weighted by atomic mass is 19.1. The van der Waals surface area contributed by atoms with Crippen LogP contribution >= 0.6 is 0 Å². The second-order valence-electron chi connectivity index (χ2n) is 6.99. The highest BCUT2D eigenvalue weighted by Gasteiger charge is 2.26. The molecule has 1 unspecified atom stereocenters. The largest absolute Gasteiger partial charge is 0.419 e. The average Bonchev–Trinajstić information content (AvgIpc) is 3.19. The molecule has 0 aliphatic carbocycles. The van der Waals surface area contributed by atoms with Crippen LogP contribution in [0.4, 0.5) is 10.1 Å². The smallest absolute Gasteiger partial charge is 0.247 e. The van der Waals surface area contributed by atoms with Gasteiger partial charge >= 0.3 is 0 Å². The third kappa shape index (κ3) is 3.85. The van der Waals surface area contributed by atoms with E-state index in [1.54, 1.807) is 0 Å². The molecule has 1 aromatic heterocycles. The summed E-state index contributed by atoms with van der Waals surface area (Å²) in [7, 11) is 0. The number of rotatable bonds is 4. The molecule has 1 fully saturated rings. The first-order valence-electron chi connectivity index (χ1n) is 9.25. The Morgan fingerprint density at radius 3 is 2.26 bits per heavy atom. The lowest BCUT2D eigenvalue weighted by molar-refractivity contribution is 0.174. The summed E-state index contributed by atoms with van der Waals surface area (Å²) in [4.78, 5) is 4.61. The second-order valence-corrected chi connectivity index (χ2v) is 6.99. The Morgan fingerprint density at radius 1 is 0.926 bits per heavy atom. The van der Waals surface area contributed by atoms with Crippen molar-refractivity contribution in [2.75, 3.05) is 31.1 Å². The van der Waals surface area contributed by atoms with E-state index in [1.807, 2.05) is 36.4 Å². The number of anilines is 1. The molecule has 5 nitrogen and oxygen atoms in total. The molecule has 4 rings (SSSR count). The lowest BCUT2D eigenvalue weighted by Crippen LogP contribution is -2.47. The fourth-order valence-corrected chi connectivity index (χ4v) is 3.39. The van der Waals surface area contributed by atoms with Crippen molar-refractivity contribution < 1.29 is 8.81 Å². The highest BCUT2D eigenvalue weighted by molar-refractivity contribution is 5.52. The van der Waals surface area contributed by atoms with Gasteiger partial charge in [-0.3, -0.25) is 4.90 Å². The van der Waals surface area contributed by atoms with E-state index in [4.69, 9.17) is 4.42 Å². The molecule has 0 N–H and O–H groups in total. The first-order valence-corrected chi connectivity index (χ1v) is 9.25. The van der Waals surface area contributed by atoms with Crippen LogP contribution in [0.15, 0.2) is 52.9 Å². The van der Waals surface area contributed by atoms with Crippen LogP contribution in [0.2, 0.25) is 0 Å². The molecule has 0 radical (unpaired) electrons. The highest BCUT2D eigenvalue weighted by Crippen LogP contribution is 2.26. The van der Waals surface area contributed by atoms with Crippen LogP contribution in [0.25, 0.3) is 11.5 Å². The Hall–Kier alpha value is -2.73. The maximum Gasteiger partial charge on any atom is 0.247 e. The minimum Gasteiger partial charge on any atom is -0.419 e. The van der Waals surface area contributed by atoms with Crippen LogP contribution in [-0.4, -0.2) is 41.3 Å². The molecular formula is C21H23FN4O. The van der Waals surface area contributed by atoms with E-state index in [-0.39, 0.29) is 11.9 Å². The quantitative estimate of drug-likeness (QED) is 0.697. The molecule has 0 amide bonds. The lowest BCUT2D eigenvalue weighted by atomic mass is 10.1. The molecule has 6 heteroatoms. The fourth-order valence-electron chi connectivity index (χ4n) is 3.39. The van der Waals surface area contributed by atoms with Gasteiger partial charge in [0.2, 0.25) is 11.8 Å². The zero-order chi connectivity index (χ0) is 18.8. The Bertz CT molecular complexity index is 883. The predicted molar refractivity (Wildman–Crippen MR) is 103 cm³/mol. The SMILES string of the molecule is Cc1ccc(-c2nnc(C(C)N3CCN(c4ccc(F)cc4)CC3)o2)cc1. The molecule has 1 saturated heterocycles. The summed E-state index contributed by atoms with van der Waals surface area (Å²) >= 11 is 0.